The number of ether oxygens (including phenoxy) is 1. The molecule has 0 atom stereocenters. The van der Waals surface area contributed by atoms with E-state index in [-0.39, 0.29) is 0 Å². The summed E-state index contributed by atoms with van der Waals surface area (Å²) in [5.74, 6) is 2.75. The highest BCUT2D eigenvalue weighted by atomic mass is 16.5. The molecule has 1 aromatic heterocycles. The van der Waals surface area contributed by atoms with Crippen LogP contribution in [0.3, 0.4) is 0 Å². The van der Waals surface area contributed by atoms with Crippen molar-refractivity contribution in [2.75, 3.05) is 37.5 Å². The van der Waals surface area contributed by atoms with Gasteiger partial charge < -0.3 is 9.64 Å². The van der Waals surface area contributed by atoms with Crippen molar-refractivity contribution >= 4 is 11.8 Å². The fourth-order valence-corrected chi connectivity index (χ4v) is 2.21. The summed E-state index contributed by atoms with van der Waals surface area (Å²) < 4.78 is 7.75. The van der Waals surface area contributed by atoms with Crippen molar-refractivity contribution in [3.05, 3.63) is 42.1 Å². The Bertz CT molecular complexity index is 601. The predicted octanol–water partition coefficient (Wildman–Crippen LogP) is 2.16. The average molecular weight is 301 g/mol. The number of nitrogens with one attached hydrogen (secondary N) is 1. The molecule has 0 saturated heterocycles. The molecule has 1 heterocycles. The first-order valence-corrected chi connectivity index (χ1v) is 7.56. The van der Waals surface area contributed by atoms with Crippen molar-refractivity contribution in [3.63, 3.8) is 0 Å². The number of anilines is 2. The second-order valence-corrected chi connectivity index (χ2v) is 5.32. The lowest BCUT2D eigenvalue weighted by Crippen LogP contribution is -2.37. The zero-order valence-corrected chi connectivity index (χ0v) is 13.8. The number of para-hydroxylation sites is 1. The molecule has 2 rings (SSSR count). The minimum atomic E-state index is 0.701. The van der Waals surface area contributed by atoms with Gasteiger partial charge in [0, 0.05) is 19.7 Å². The molecule has 0 unspecified atom stereocenters. The monoisotopic (exact) mass is 301 g/mol. The largest absolute Gasteiger partial charge is 0.494 e. The Kier molecular flexibility index (Phi) is 5.58. The average Bonchev–Trinajstić information content (AvgIpc) is 2.54. The van der Waals surface area contributed by atoms with Crippen LogP contribution in [-0.2, 0) is 7.05 Å². The molecule has 1 N–H and O–H groups in total. The first-order valence-electron chi connectivity index (χ1n) is 7.56. The SMILES string of the molecule is CNc1nc(N(C)CCCOc2ccccc2)cc(C)[n+]1C. The second-order valence-electron chi connectivity index (χ2n) is 5.32. The normalized spacial score (nSPS) is 10.4. The van der Waals surface area contributed by atoms with E-state index >= 15 is 0 Å². The van der Waals surface area contributed by atoms with Gasteiger partial charge in [0.05, 0.1) is 26.4 Å². The van der Waals surface area contributed by atoms with Crippen molar-refractivity contribution in [3.8, 4) is 5.75 Å². The molecule has 0 amide bonds. The number of aryl methyl sites for hydroxylation is 1. The molecule has 0 saturated carbocycles. The second kappa shape index (κ2) is 7.64. The number of aromatic nitrogens is 2. The summed E-state index contributed by atoms with van der Waals surface area (Å²) in [5, 5.41) is 3.12. The van der Waals surface area contributed by atoms with Gasteiger partial charge in [-0.15, -0.1) is 0 Å². The van der Waals surface area contributed by atoms with E-state index < -0.39 is 0 Å². The fraction of sp³-hybridized carbons (Fsp3) is 0.412. The quantitative estimate of drug-likeness (QED) is 0.628. The van der Waals surface area contributed by atoms with Gasteiger partial charge in [-0.05, 0) is 25.5 Å². The maximum absolute atomic E-state index is 5.72. The lowest BCUT2D eigenvalue weighted by Gasteiger charge is -2.17. The molecule has 0 fully saturated rings. The Morgan fingerprint density at radius 1 is 1.27 bits per heavy atom. The van der Waals surface area contributed by atoms with Gasteiger partial charge in [-0.2, -0.15) is 0 Å². The number of nitrogens with zero attached hydrogens (tertiary/aromatic N) is 3. The number of hydrogen-bond donors (Lipinski definition) is 1. The van der Waals surface area contributed by atoms with Crippen LogP contribution in [0.1, 0.15) is 12.1 Å². The van der Waals surface area contributed by atoms with Crippen LogP contribution < -0.4 is 19.5 Å². The van der Waals surface area contributed by atoms with Gasteiger partial charge in [-0.3, -0.25) is 5.32 Å². The van der Waals surface area contributed by atoms with Gasteiger partial charge in [0.15, 0.2) is 0 Å². The molecule has 0 aliphatic heterocycles. The van der Waals surface area contributed by atoms with Gasteiger partial charge in [-0.1, -0.05) is 23.2 Å². The first kappa shape index (κ1) is 16.1. The summed E-state index contributed by atoms with van der Waals surface area (Å²) in [7, 11) is 5.95. The highest BCUT2D eigenvalue weighted by Gasteiger charge is 2.14. The van der Waals surface area contributed by atoms with Crippen molar-refractivity contribution in [2.45, 2.75) is 13.3 Å². The van der Waals surface area contributed by atoms with Crippen LogP contribution in [0.25, 0.3) is 0 Å². The molecule has 0 aliphatic rings. The number of hydrogen-bond acceptors (Lipinski definition) is 4. The molecule has 5 heteroatoms. The van der Waals surface area contributed by atoms with Crippen LogP contribution in [-0.4, -0.2) is 32.2 Å². The van der Waals surface area contributed by atoms with Crippen LogP contribution in [0.15, 0.2) is 36.4 Å². The molecule has 2 aromatic rings. The van der Waals surface area contributed by atoms with E-state index in [1.54, 1.807) is 0 Å². The van der Waals surface area contributed by atoms with Gasteiger partial charge in [0.1, 0.15) is 5.75 Å². The molecule has 0 spiro atoms. The predicted molar refractivity (Wildman–Crippen MR) is 89.5 cm³/mol. The Balaban J connectivity index is 1.87. The third kappa shape index (κ3) is 4.10. The van der Waals surface area contributed by atoms with E-state index in [1.807, 2.05) is 49.0 Å². The summed E-state index contributed by atoms with van der Waals surface area (Å²) in [6.45, 7) is 3.68. The topological polar surface area (TPSA) is 41.3 Å². The summed E-state index contributed by atoms with van der Waals surface area (Å²) in [5.41, 5.74) is 1.17. The van der Waals surface area contributed by atoms with Crippen molar-refractivity contribution in [1.82, 2.24) is 4.98 Å². The Morgan fingerprint density at radius 3 is 2.68 bits per heavy atom. The Morgan fingerprint density at radius 2 is 2.00 bits per heavy atom. The first-order chi connectivity index (χ1) is 10.6. The maximum atomic E-state index is 5.72. The Labute approximate surface area is 132 Å². The standard InChI is InChI=1S/C17H24N4O/c1-14-13-16(19-17(18-2)21(14)4)20(3)11-8-12-22-15-9-6-5-7-10-15/h5-7,9-10,13H,8,11-12H2,1-4H3/p+1. The third-order valence-electron chi connectivity index (χ3n) is 3.67. The van der Waals surface area contributed by atoms with E-state index in [9.17, 15) is 0 Å². The summed E-state index contributed by atoms with van der Waals surface area (Å²) in [6.07, 6.45) is 0.946. The molecule has 5 nitrogen and oxygen atoms in total. The van der Waals surface area contributed by atoms with E-state index in [0.29, 0.717) is 6.61 Å². The fourth-order valence-electron chi connectivity index (χ4n) is 2.21. The minimum absolute atomic E-state index is 0.701. The van der Waals surface area contributed by atoms with Gasteiger partial charge in [-0.25, -0.2) is 4.57 Å². The van der Waals surface area contributed by atoms with Crippen LogP contribution >= 0.6 is 0 Å². The molecule has 0 aliphatic carbocycles. The van der Waals surface area contributed by atoms with Gasteiger partial charge in [0.2, 0.25) is 5.82 Å². The van der Waals surface area contributed by atoms with Crippen LogP contribution in [0.5, 0.6) is 5.75 Å². The van der Waals surface area contributed by atoms with E-state index in [2.05, 4.69) is 35.2 Å². The summed E-state index contributed by atoms with van der Waals surface area (Å²) in [6, 6.07) is 12.0. The molecular formula is C17H25N4O+. The molecule has 118 valence electrons. The number of benzene rings is 1. The molecule has 1 aromatic carbocycles. The zero-order chi connectivity index (χ0) is 15.9. The van der Waals surface area contributed by atoms with E-state index in [1.165, 1.54) is 5.69 Å². The van der Waals surface area contributed by atoms with Crippen molar-refractivity contribution in [1.29, 1.82) is 0 Å². The zero-order valence-electron chi connectivity index (χ0n) is 13.8. The van der Waals surface area contributed by atoms with Crippen LogP contribution in [0.4, 0.5) is 11.8 Å². The van der Waals surface area contributed by atoms with Gasteiger partial charge >= 0.3 is 5.95 Å². The van der Waals surface area contributed by atoms with Crippen LogP contribution in [0.2, 0.25) is 0 Å². The third-order valence-corrected chi connectivity index (χ3v) is 3.67. The van der Waals surface area contributed by atoms with Crippen molar-refractivity contribution < 1.29 is 9.30 Å². The van der Waals surface area contributed by atoms with E-state index in [0.717, 1.165) is 30.5 Å². The van der Waals surface area contributed by atoms with Crippen molar-refractivity contribution in [2.24, 2.45) is 7.05 Å². The van der Waals surface area contributed by atoms with Gasteiger partial charge in [0.25, 0.3) is 0 Å². The lowest BCUT2D eigenvalue weighted by molar-refractivity contribution is -0.665. The Hall–Kier alpha value is -2.30. The molecule has 0 bridgehead atoms. The molecule has 0 radical (unpaired) electrons. The number of rotatable bonds is 7. The van der Waals surface area contributed by atoms with Crippen LogP contribution in [0, 0.1) is 6.92 Å². The van der Waals surface area contributed by atoms with E-state index in [4.69, 9.17) is 4.74 Å². The minimum Gasteiger partial charge on any atom is -0.494 e. The summed E-state index contributed by atoms with van der Waals surface area (Å²) in [4.78, 5) is 6.78. The lowest BCUT2D eigenvalue weighted by atomic mass is 10.3. The highest BCUT2D eigenvalue weighted by molar-refractivity contribution is 5.40. The molecule has 22 heavy (non-hydrogen) atoms. The summed E-state index contributed by atoms with van der Waals surface area (Å²) >= 11 is 0. The smallest absolute Gasteiger partial charge is 0.393 e. The molecular weight excluding hydrogens is 276 g/mol. The maximum Gasteiger partial charge on any atom is 0.393 e. The highest BCUT2D eigenvalue weighted by Crippen LogP contribution is 2.13.